The standard InChI is InChI=1S/C8H10N2O2S/c1-6-7-4-2-3-5-8(7)13(11,12)10-9-6/h2-6,9-10H,1H3. The normalized spacial score (nSPS) is 25.2. The molecular formula is C8H10N2O2S. The van der Waals surface area contributed by atoms with Gasteiger partial charge in [-0.2, -0.15) is 0 Å². The van der Waals surface area contributed by atoms with Gasteiger partial charge in [0.05, 0.1) is 4.90 Å². The smallest absolute Gasteiger partial charge is 0.237 e. The van der Waals surface area contributed by atoms with Crippen LogP contribution in [0.4, 0.5) is 0 Å². The minimum absolute atomic E-state index is 0.0136. The van der Waals surface area contributed by atoms with Gasteiger partial charge in [0.15, 0.2) is 0 Å². The molecule has 0 saturated carbocycles. The third kappa shape index (κ3) is 1.35. The minimum Gasteiger partial charge on any atom is -0.237 e. The third-order valence-corrected chi connectivity index (χ3v) is 3.42. The third-order valence-electron chi connectivity index (χ3n) is 2.08. The van der Waals surface area contributed by atoms with Crippen molar-refractivity contribution in [2.24, 2.45) is 0 Å². The van der Waals surface area contributed by atoms with Crippen molar-refractivity contribution in [3.63, 3.8) is 0 Å². The largest absolute Gasteiger partial charge is 0.253 e. The molecule has 4 nitrogen and oxygen atoms in total. The lowest BCUT2D eigenvalue weighted by atomic mass is 10.1. The fraction of sp³-hybridized carbons (Fsp3) is 0.250. The Labute approximate surface area is 77.0 Å². The van der Waals surface area contributed by atoms with Crippen molar-refractivity contribution in [3.8, 4) is 0 Å². The number of sulfonamides is 1. The van der Waals surface area contributed by atoms with Gasteiger partial charge in [-0.3, -0.25) is 0 Å². The maximum atomic E-state index is 11.4. The molecule has 0 radical (unpaired) electrons. The molecule has 0 bridgehead atoms. The van der Waals surface area contributed by atoms with E-state index in [4.69, 9.17) is 0 Å². The molecule has 1 unspecified atom stereocenters. The highest BCUT2D eigenvalue weighted by Crippen LogP contribution is 2.24. The number of rotatable bonds is 0. The molecule has 1 aliphatic heterocycles. The van der Waals surface area contributed by atoms with Crippen LogP contribution in [0, 0.1) is 0 Å². The molecule has 1 heterocycles. The molecule has 1 aromatic carbocycles. The molecule has 1 aromatic rings. The average molecular weight is 198 g/mol. The molecule has 2 rings (SSSR count). The molecule has 0 spiro atoms. The second-order valence-electron chi connectivity index (χ2n) is 3.01. The van der Waals surface area contributed by atoms with Crippen LogP contribution in [0.2, 0.25) is 0 Å². The summed E-state index contributed by atoms with van der Waals surface area (Å²) < 4.78 is 22.9. The van der Waals surface area contributed by atoms with E-state index in [-0.39, 0.29) is 6.04 Å². The summed E-state index contributed by atoms with van der Waals surface area (Å²) in [7, 11) is -3.34. The van der Waals surface area contributed by atoms with Gasteiger partial charge in [-0.25, -0.2) is 13.8 Å². The molecule has 0 aliphatic carbocycles. The molecular weight excluding hydrogens is 188 g/mol. The Hall–Kier alpha value is -0.910. The van der Waals surface area contributed by atoms with Crippen molar-refractivity contribution in [1.82, 2.24) is 10.3 Å². The number of benzene rings is 1. The zero-order valence-corrected chi connectivity index (χ0v) is 7.93. The minimum atomic E-state index is -3.34. The van der Waals surface area contributed by atoms with Crippen molar-refractivity contribution in [2.75, 3.05) is 0 Å². The Kier molecular flexibility index (Phi) is 1.87. The summed E-state index contributed by atoms with van der Waals surface area (Å²) in [4.78, 5) is 2.65. The van der Waals surface area contributed by atoms with Crippen LogP contribution in [0.5, 0.6) is 0 Å². The van der Waals surface area contributed by atoms with E-state index in [0.29, 0.717) is 4.90 Å². The lowest BCUT2D eigenvalue weighted by Crippen LogP contribution is -2.43. The zero-order chi connectivity index (χ0) is 9.47. The Morgan fingerprint density at radius 1 is 1.31 bits per heavy atom. The SMILES string of the molecule is CC1NNS(=O)(=O)c2ccccc21. The van der Waals surface area contributed by atoms with Crippen molar-refractivity contribution < 1.29 is 8.42 Å². The summed E-state index contributed by atoms with van der Waals surface area (Å²) in [6.45, 7) is 1.90. The Bertz CT molecular complexity index is 428. The molecule has 70 valence electrons. The highest BCUT2D eigenvalue weighted by atomic mass is 32.2. The molecule has 0 amide bonds. The summed E-state index contributed by atoms with van der Waals surface area (Å²) >= 11 is 0. The first kappa shape index (κ1) is 8.68. The number of nitrogens with one attached hydrogen (secondary N) is 2. The van der Waals surface area contributed by atoms with Crippen LogP contribution in [-0.4, -0.2) is 8.42 Å². The van der Waals surface area contributed by atoms with E-state index in [1.807, 2.05) is 19.1 Å². The molecule has 1 atom stereocenters. The molecule has 1 aliphatic rings. The van der Waals surface area contributed by atoms with Crippen LogP contribution in [0.1, 0.15) is 18.5 Å². The first-order chi connectivity index (χ1) is 6.11. The molecule has 0 aromatic heterocycles. The van der Waals surface area contributed by atoms with E-state index in [0.717, 1.165) is 5.56 Å². The van der Waals surface area contributed by atoms with E-state index in [9.17, 15) is 8.42 Å². The summed E-state index contributed by atoms with van der Waals surface area (Å²) in [5.41, 5.74) is 3.50. The van der Waals surface area contributed by atoms with Crippen LogP contribution in [0.25, 0.3) is 0 Å². The highest BCUT2D eigenvalue weighted by molar-refractivity contribution is 7.89. The Morgan fingerprint density at radius 2 is 2.00 bits per heavy atom. The first-order valence-electron chi connectivity index (χ1n) is 3.97. The fourth-order valence-electron chi connectivity index (χ4n) is 1.38. The van der Waals surface area contributed by atoms with Gasteiger partial charge in [0.2, 0.25) is 0 Å². The van der Waals surface area contributed by atoms with Gasteiger partial charge in [0, 0.05) is 6.04 Å². The van der Waals surface area contributed by atoms with Crippen LogP contribution in [0.3, 0.4) is 0 Å². The van der Waals surface area contributed by atoms with E-state index in [2.05, 4.69) is 10.3 Å². The number of fused-ring (bicyclic) bond motifs is 1. The maximum absolute atomic E-state index is 11.4. The predicted molar refractivity (Wildman–Crippen MR) is 48.3 cm³/mol. The van der Waals surface area contributed by atoms with Crippen LogP contribution in [-0.2, 0) is 10.0 Å². The van der Waals surface area contributed by atoms with Gasteiger partial charge in [-0.1, -0.05) is 18.2 Å². The monoisotopic (exact) mass is 198 g/mol. The number of hydrogen-bond acceptors (Lipinski definition) is 3. The molecule has 5 heteroatoms. The first-order valence-corrected chi connectivity index (χ1v) is 5.46. The number of hydrogen-bond donors (Lipinski definition) is 2. The van der Waals surface area contributed by atoms with Crippen LogP contribution < -0.4 is 10.3 Å². The van der Waals surface area contributed by atoms with Gasteiger partial charge in [-0.05, 0) is 18.6 Å². The van der Waals surface area contributed by atoms with Crippen molar-refractivity contribution in [1.29, 1.82) is 0 Å². The zero-order valence-electron chi connectivity index (χ0n) is 7.11. The fourth-order valence-corrected chi connectivity index (χ4v) is 2.64. The van der Waals surface area contributed by atoms with Crippen molar-refractivity contribution >= 4 is 10.0 Å². The highest BCUT2D eigenvalue weighted by Gasteiger charge is 2.26. The Balaban J connectivity index is 2.68. The summed E-state index contributed by atoms with van der Waals surface area (Å²) in [6.07, 6.45) is 0. The summed E-state index contributed by atoms with van der Waals surface area (Å²) in [5.74, 6) is 0. The van der Waals surface area contributed by atoms with E-state index < -0.39 is 10.0 Å². The van der Waals surface area contributed by atoms with Gasteiger partial charge < -0.3 is 0 Å². The molecule has 0 saturated heterocycles. The molecule has 2 N–H and O–H groups in total. The second kappa shape index (κ2) is 2.80. The predicted octanol–water partition coefficient (Wildman–Crippen LogP) is 0.544. The van der Waals surface area contributed by atoms with Crippen molar-refractivity contribution in [3.05, 3.63) is 29.8 Å². The lowest BCUT2D eigenvalue weighted by Gasteiger charge is -2.23. The van der Waals surface area contributed by atoms with Crippen molar-refractivity contribution in [2.45, 2.75) is 17.9 Å². The maximum Gasteiger partial charge on any atom is 0.253 e. The lowest BCUT2D eigenvalue weighted by molar-refractivity contribution is 0.488. The molecule has 0 fully saturated rings. The summed E-state index contributed by atoms with van der Waals surface area (Å²) in [6, 6.07) is 6.98. The Morgan fingerprint density at radius 3 is 2.69 bits per heavy atom. The van der Waals surface area contributed by atoms with Crippen LogP contribution >= 0.6 is 0 Å². The number of hydrazine groups is 1. The van der Waals surface area contributed by atoms with Crippen LogP contribution in [0.15, 0.2) is 29.2 Å². The summed E-state index contributed by atoms with van der Waals surface area (Å²) in [5, 5.41) is 0. The van der Waals surface area contributed by atoms with E-state index in [1.165, 1.54) is 0 Å². The van der Waals surface area contributed by atoms with E-state index in [1.54, 1.807) is 12.1 Å². The van der Waals surface area contributed by atoms with Gasteiger partial charge in [0.1, 0.15) is 0 Å². The average Bonchev–Trinajstić information content (AvgIpc) is 2.13. The van der Waals surface area contributed by atoms with Gasteiger partial charge in [0.25, 0.3) is 10.0 Å². The van der Waals surface area contributed by atoms with Gasteiger partial charge >= 0.3 is 0 Å². The quantitative estimate of drug-likeness (QED) is 0.640. The van der Waals surface area contributed by atoms with Gasteiger partial charge in [-0.15, -0.1) is 4.83 Å². The topological polar surface area (TPSA) is 58.2 Å². The van der Waals surface area contributed by atoms with E-state index >= 15 is 0 Å². The molecule has 13 heavy (non-hydrogen) atoms. The second-order valence-corrected chi connectivity index (χ2v) is 4.66.